The first-order chi connectivity index (χ1) is 15.2. The molecular formula is C25H27O6P. The van der Waals surface area contributed by atoms with Crippen molar-refractivity contribution in [1.82, 2.24) is 0 Å². The number of phosphoric acid groups is 1. The molecular weight excluding hydrogens is 427 g/mol. The van der Waals surface area contributed by atoms with E-state index < -0.39 is 7.82 Å². The lowest BCUT2D eigenvalue weighted by Gasteiger charge is -2.19. The molecule has 0 amide bonds. The van der Waals surface area contributed by atoms with Crippen molar-refractivity contribution in [3.8, 4) is 17.2 Å². The molecule has 0 aliphatic heterocycles. The Bertz CT molecular complexity index is 935. The SMILES string of the molecule is C=COC(C)=O.Cc1ccc(OP(=O)(Oc2ccc(C)cc2)Oc2ccc(C)cc2)cc1. The number of aryl methyl sites for hydroxylation is 3. The van der Waals surface area contributed by atoms with E-state index in [4.69, 9.17) is 13.6 Å². The van der Waals surface area contributed by atoms with Gasteiger partial charge in [0, 0.05) is 6.92 Å². The van der Waals surface area contributed by atoms with Crippen molar-refractivity contribution >= 4 is 13.8 Å². The van der Waals surface area contributed by atoms with Crippen molar-refractivity contribution in [2.24, 2.45) is 0 Å². The van der Waals surface area contributed by atoms with E-state index in [2.05, 4.69) is 11.3 Å². The van der Waals surface area contributed by atoms with Crippen LogP contribution in [0.1, 0.15) is 23.6 Å². The summed E-state index contributed by atoms with van der Waals surface area (Å²) in [6.07, 6.45) is 1.10. The topological polar surface area (TPSA) is 71.1 Å². The molecule has 168 valence electrons. The fourth-order valence-electron chi connectivity index (χ4n) is 2.36. The number of benzene rings is 3. The standard InChI is InChI=1S/C21H21O4P.C4H6O2/c1-16-4-10-19(11-5-16)23-26(22,24-20-12-6-17(2)7-13-20)25-21-14-8-18(3)9-15-21;1-3-6-4(2)5/h4-15H,1-3H3;3H,1H2,2H3. The predicted molar refractivity (Wildman–Crippen MR) is 125 cm³/mol. The van der Waals surface area contributed by atoms with Crippen LogP contribution in [0.2, 0.25) is 0 Å². The van der Waals surface area contributed by atoms with Crippen molar-refractivity contribution in [2.45, 2.75) is 27.7 Å². The van der Waals surface area contributed by atoms with Crippen LogP contribution < -0.4 is 13.6 Å². The molecule has 0 aromatic heterocycles. The van der Waals surface area contributed by atoms with Crippen LogP contribution in [0.15, 0.2) is 85.6 Å². The minimum absolute atomic E-state index is 0.329. The molecule has 0 N–H and O–H groups in total. The molecule has 0 saturated heterocycles. The predicted octanol–water partition coefficient (Wildman–Crippen LogP) is 6.95. The zero-order valence-electron chi connectivity index (χ0n) is 18.6. The van der Waals surface area contributed by atoms with Gasteiger partial charge in [-0.2, -0.15) is 4.57 Å². The van der Waals surface area contributed by atoms with E-state index in [1.54, 1.807) is 36.4 Å². The average Bonchev–Trinajstić information content (AvgIpc) is 2.74. The molecule has 0 heterocycles. The van der Waals surface area contributed by atoms with Crippen molar-refractivity contribution < 1.29 is 27.7 Å². The monoisotopic (exact) mass is 454 g/mol. The number of rotatable bonds is 7. The Labute approximate surface area is 189 Å². The lowest BCUT2D eigenvalue weighted by atomic mass is 10.2. The largest absolute Gasteiger partial charge is 0.647 e. The van der Waals surface area contributed by atoms with Gasteiger partial charge >= 0.3 is 13.8 Å². The third kappa shape index (κ3) is 8.70. The molecule has 0 saturated carbocycles. The fourth-order valence-corrected chi connectivity index (χ4v) is 3.61. The molecule has 6 nitrogen and oxygen atoms in total. The van der Waals surface area contributed by atoms with Gasteiger partial charge in [-0.25, -0.2) is 0 Å². The van der Waals surface area contributed by atoms with Gasteiger partial charge in [0.2, 0.25) is 0 Å². The summed E-state index contributed by atoms with van der Waals surface area (Å²) >= 11 is 0. The second-order valence-corrected chi connectivity index (χ2v) is 8.38. The average molecular weight is 454 g/mol. The molecule has 7 heteroatoms. The van der Waals surface area contributed by atoms with E-state index in [0.29, 0.717) is 17.2 Å². The smallest absolute Gasteiger partial charge is 0.435 e. The molecule has 0 aliphatic rings. The summed E-state index contributed by atoms with van der Waals surface area (Å²) in [6.45, 7) is 10.4. The Morgan fingerprint density at radius 2 is 0.969 bits per heavy atom. The van der Waals surface area contributed by atoms with Crippen LogP contribution >= 0.6 is 7.82 Å². The maximum atomic E-state index is 13.3. The summed E-state index contributed by atoms with van der Waals surface area (Å²) in [5.41, 5.74) is 3.23. The van der Waals surface area contributed by atoms with Gasteiger partial charge in [0.05, 0.1) is 6.26 Å². The summed E-state index contributed by atoms with van der Waals surface area (Å²) in [5.74, 6) is 0.916. The molecule has 0 unspecified atom stereocenters. The lowest BCUT2D eigenvalue weighted by Crippen LogP contribution is -2.07. The first kappa shape index (κ1) is 24.8. The summed E-state index contributed by atoms with van der Waals surface area (Å²) in [6, 6.07) is 21.6. The molecule has 0 aliphatic carbocycles. The van der Waals surface area contributed by atoms with E-state index >= 15 is 0 Å². The minimum Gasteiger partial charge on any atom is -0.435 e. The fraction of sp³-hybridized carbons (Fsp3) is 0.160. The third-order valence-electron chi connectivity index (χ3n) is 3.96. The highest BCUT2D eigenvalue weighted by atomic mass is 31.2. The van der Waals surface area contributed by atoms with Crippen LogP contribution in [0.5, 0.6) is 17.2 Å². The van der Waals surface area contributed by atoms with E-state index in [9.17, 15) is 9.36 Å². The van der Waals surface area contributed by atoms with E-state index in [0.717, 1.165) is 23.0 Å². The van der Waals surface area contributed by atoms with Gasteiger partial charge in [0.15, 0.2) is 0 Å². The van der Waals surface area contributed by atoms with Crippen LogP contribution in [-0.4, -0.2) is 5.97 Å². The second kappa shape index (κ2) is 11.8. The normalized spacial score (nSPS) is 10.2. The summed E-state index contributed by atoms with van der Waals surface area (Å²) in [7, 11) is -3.93. The summed E-state index contributed by atoms with van der Waals surface area (Å²) in [5, 5.41) is 0. The lowest BCUT2D eigenvalue weighted by molar-refractivity contribution is -0.135. The Kier molecular flexibility index (Phi) is 9.11. The van der Waals surface area contributed by atoms with Gasteiger partial charge in [0.25, 0.3) is 0 Å². The summed E-state index contributed by atoms with van der Waals surface area (Å²) in [4.78, 5) is 9.75. The van der Waals surface area contributed by atoms with E-state index in [-0.39, 0.29) is 5.97 Å². The van der Waals surface area contributed by atoms with Gasteiger partial charge < -0.3 is 18.3 Å². The van der Waals surface area contributed by atoms with Crippen LogP contribution in [0.4, 0.5) is 0 Å². The second-order valence-electron chi connectivity index (χ2n) is 6.94. The number of esters is 1. The van der Waals surface area contributed by atoms with Crippen molar-refractivity contribution in [3.63, 3.8) is 0 Å². The maximum absolute atomic E-state index is 13.3. The van der Waals surface area contributed by atoms with Crippen molar-refractivity contribution in [1.29, 1.82) is 0 Å². The number of ether oxygens (including phenoxy) is 1. The Morgan fingerprint density at radius 1 is 0.688 bits per heavy atom. The molecule has 0 bridgehead atoms. The minimum atomic E-state index is -3.93. The highest BCUT2D eigenvalue weighted by Gasteiger charge is 2.33. The highest BCUT2D eigenvalue weighted by molar-refractivity contribution is 7.49. The molecule has 3 aromatic rings. The molecule has 0 radical (unpaired) electrons. The number of hydrogen-bond acceptors (Lipinski definition) is 6. The maximum Gasteiger partial charge on any atom is 0.647 e. The number of phosphoric ester groups is 1. The van der Waals surface area contributed by atoms with Crippen LogP contribution in [-0.2, 0) is 14.1 Å². The van der Waals surface area contributed by atoms with Gasteiger partial charge in [0.1, 0.15) is 17.2 Å². The van der Waals surface area contributed by atoms with Gasteiger partial charge in [-0.05, 0) is 57.2 Å². The van der Waals surface area contributed by atoms with Gasteiger partial charge in [-0.15, -0.1) is 0 Å². The van der Waals surface area contributed by atoms with Crippen LogP contribution in [0.25, 0.3) is 0 Å². The molecule has 0 spiro atoms. The van der Waals surface area contributed by atoms with E-state index in [1.807, 2.05) is 57.2 Å². The van der Waals surface area contributed by atoms with Crippen LogP contribution in [0.3, 0.4) is 0 Å². The van der Waals surface area contributed by atoms with E-state index in [1.165, 1.54) is 6.92 Å². The zero-order valence-corrected chi connectivity index (χ0v) is 19.5. The van der Waals surface area contributed by atoms with Crippen LogP contribution in [0, 0.1) is 20.8 Å². The molecule has 0 fully saturated rings. The first-order valence-electron chi connectivity index (χ1n) is 9.86. The quantitative estimate of drug-likeness (QED) is 0.219. The van der Waals surface area contributed by atoms with Gasteiger partial charge in [-0.1, -0.05) is 59.7 Å². The number of carbonyl (C=O) groups excluding carboxylic acids is 1. The third-order valence-corrected chi connectivity index (χ3v) is 5.27. The number of carbonyl (C=O) groups is 1. The van der Waals surface area contributed by atoms with Gasteiger partial charge in [-0.3, -0.25) is 4.79 Å². The summed E-state index contributed by atoms with van der Waals surface area (Å²) < 4.78 is 34.4. The zero-order chi connectivity index (χ0) is 23.6. The number of hydrogen-bond donors (Lipinski definition) is 0. The molecule has 3 rings (SSSR count). The molecule has 32 heavy (non-hydrogen) atoms. The van der Waals surface area contributed by atoms with Crippen molar-refractivity contribution in [3.05, 3.63) is 102 Å². The highest BCUT2D eigenvalue weighted by Crippen LogP contribution is 2.49. The first-order valence-corrected chi connectivity index (χ1v) is 11.3. The molecule has 0 atom stereocenters. The Hall–Kier alpha value is -3.50. The Morgan fingerprint density at radius 3 is 1.16 bits per heavy atom. The molecule has 3 aromatic carbocycles. The van der Waals surface area contributed by atoms with Crippen molar-refractivity contribution in [2.75, 3.05) is 0 Å². The Balaban J connectivity index is 0.000000534.